The summed E-state index contributed by atoms with van der Waals surface area (Å²) in [5, 5.41) is 0. The van der Waals surface area contributed by atoms with Crippen molar-refractivity contribution in [2.75, 3.05) is 7.11 Å². The molecule has 3 nitrogen and oxygen atoms in total. The first-order valence-corrected chi connectivity index (χ1v) is 5.93. The molecule has 0 aliphatic rings. The number of rotatable bonds is 4. The fraction of sp³-hybridized carbons (Fsp3) is 0.0714. The van der Waals surface area contributed by atoms with E-state index in [1.807, 2.05) is 0 Å². The highest BCUT2D eigenvalue weighted by Crippen LogP contribution is 2.32. The van der Waals surface area contributed by atoms with E-state index in [4.69, 9.17) is 27.4 Å². The van der Waals surface area contributed by atoms with Crippen LogP contribution in [0.15, 0.2) is 42.5 Å². The van der Waals surface area contributed by atoms with Crippen LogP contribution in [0.4, 0.5) is 4.39 Å². The summed E-state index contributed by atoms with van der Waals surface area (Å²) in [5.41, 5.74) is 5.89. The van der Waals surface area contributed by atoms with E-state index in [0.717, 1.165) is 0 Å². The molecule has 2 aromatic rings. The number of methoxy groups -OCH3 is 1. The fourth-order valence-electron chi connectivity index (χ4n) is 1.56. The van der Waals surface area contributed by atoms with E-state index in [-0.39, 0.29) is 10.7 Å². The minimum atomic E-state index is -0.531. The predicted octanol–water partition coefficient (Wildman–Crippen LogP) is 3.26. The number of ether oxygens (including phenoxy) is 2. The molecular weight excluding hydrogens is 265 g/mol. The molecule has 98 valence electrons. The third-order valence-corrected chi connectivity index (χ3v) is 2.74. The molecule has 2 N–H and O–H groups in total. The Morgan fingerprint density at radius 1 is 1.11 bits per heavy atom. The van der Waals surface area contributed by atoms with Gasteiger partial charge in [-0.05, 0) is 30.3 Å². The summed E-state index contributed by atoms with van der Waals surface area (Å²) in [5.74, 6) is 0.521. The maximum absolute atomic E-state index is 13.9. The normalized spacial score (nSPS) is 10.0. The largest absolute Gasteiger partial charge is 0.493 e. The van der Waals surface area contributed by atoms with Gasteiger partial charge in [-0.25, -0.2) is 4.39 Å². The lowest BCUT2D eigenvalue weighted by Crippen LogP contribution is -2.09. The zero-order valence-corrected chi connectivity index (χ0v) is 11.0. The van der Waals surface area contributed by atoms with Crippen molar-refractivity contribution < 1.29 is 13.9 Å². The smallest absolute Gasteiger partial charge is 0.169 e. The molecule has 5 heteroatoms. The predicted molar refractivity (Wildman–Crippen MR) is 75.4 cm³/mol. The van der Waals surface area contributed by atoms with Crippen LogP contribution in [0, 0.1) is 5.82 Å². The second kappa shape index (κ2) is 5.67. The fourth-order valence-corrected chi connectivity index (χ4v) is 1.69. The molecule has 0 bridgehead atoms. The molecule has 0 amide bonds. The topological polar surface area (TPSA) is 44.5 Å². The van der Waals surface area contributed by atoms with Crippen molar-refractivity contribution in [1.82, 2.24) is 0 Å². The standard InChI is InChI=1S/C14H12FNO2S/c1-17-12-4-2-3-5-13(12)18-11-7-6-9(14(16)19)8-10(11)15/h2-8H,1H3,(H2,16,19). The van der Waals surface area contributed by atoms with E-state index in [1.165, 1.54) is 19.2 Å². The Hall–Kier alpha value is -2.14. The molecule has 0 fully saturated rings. The molecule has 2 rings (SSSR count). The minimum Gasteiger partial charge on any atom is -0.493 e. The second-order valence-electron chi connectivity index (χ2n) is 3.76. The van der Waals surface area contributed by atoms with Crippen LogP contribution in [0.5, 0.6) is 17.2 Å². The molecule has 19 heavy (non-hydrogen) atoms. The lowest BCUT2D eigenvalue weighted by Gasteiger charge is -2.11. The van der Waals surface area contributed by atoms with Gasteiger partial charge in [-0.2, -0.15) is 0 Å². The SMILES string of the molecule is COc1ccccc1Oc1ccc(C(N)=S)cc1F. The molecule has 0 atom stereocenters. The first kappa shape index (κ1) is 13.3. The van der Waals surface area contributed by atoms with Crippen molar-refractivity contribution >= 4 is 17.2 Å². The van der Waals surface area contributed by atoms with E-state index >= 15 is 0 Å². The van der Waals surface area contributed by atoms with Crippen LogP contribution in [-0.4, -0.2) is 12.1 Å². The van der Waals surface area contributed by atoms with Crippen LogP contribution in [-0.2, 0) is 0 Å². The highest BCUT2D eigenvalue weighted by atomic mass is 32.1. The van der Waals surface area contributed by atoms with Crippen LogP contribution in [0.3, 0.4) is 0 Å². The lowest BCUT2D eigenvalue weighted by molar-refractivity contribution is 0.371. The molecule has 0 saturated heterocycles. The number of hydrogen-bond acceptors (Lipinski definition) is 3. The maximum atomic E-state index is 13.9. The summed E-state index contributed by atoms with van der Waals surface area (Å²) < 4.78 is 24.5. The van der Waals surface area contributed by atoms with Crippen molar-refractivity contribution in [3.8, 4) is 17.2 Å². The van der Waals surface area contributed by atoms with Gasteiger partial charge in [0.15, 0.2) is 23.1 Å². The quantitative estimate of drug-likeness (QED) is 0.871. The second-order valence-corrected chi connectivity index (χ2v) is 4.20. The monoisotopic (exact) mass is 277 g/mol. The summed E-state index contributed by atoms with van der Waals surface area (Å²) in [4.78, 5) is 0.141. The first-order chi connectivity index (χ1) is 9.11. The van der Waals surface area contributed by atoms with E-state index in [2.05, 4.69) is 0 Å². The van der Waals surface area contributed by atoms with Gasteiger partial charge in [0.2, 0.25) is 0 Å². The lowest BCUT2D eigenvalue weighted by atomic mass is 10.2. The first-order valence-electron chi connectivity index (χ1n) is 5.52. The third kappa shape index (κ3) is 3.00. The van der Waals surface area contributed by atoms with Crippen LogP contribution in [0.25, 0.3) is 0 Å². The zero-order chi connectivity index (χ0) is 13.8. The molecule has 0 unspecified atom stereocenters. The summed E-state index contributed by atoms with van der Waals surface area (Å²) >= 11 is 4.78. The Morgan fingerprint density at radius 2 is 1.79 bits per heavy atom. The average molecular weight is 277 g/mol. The van der Waals surface area contributed by atoms with Gasteiger partial charge in [0.05, 0.1) is 7.11 Å². The van der Waals surface area contributed by atoms with E-state index in [9.17, 15) is 4.39 Å². The number of hydrogen-bond donors (Lipinski definition) is 1. The molecule has 0 aliphatic heterocycles. The Labute approximate surface area is 115 Å². The summed E-state index contributed by atoms with van der Waals surface area (Å²) in [6.45, 7) is 0. The van der Waals surface area contributed by atoms with Crippen molar-refractivity contribution in [1.29, 1.82) is 0 Å². The van der Waals surface area contributed by atoms with Gasteiger partial charge in [0, 0.05) is 5.56 Å². The van der Waals surface area contributed by atoms with Crippen molar-refractivity contribution in [2.24, 2.45) is 5.73 Å². The van der Waals surface area contributed by atoms with Crippen molar-refractivity contribution in [3.63, 3.8) is 0 Å². The molecular formula is C14H12FNO2S. The Morgan fingerprint density at radius 3 is 2.37 bits per heavy atom. The number of nitrogens with two attached hydrogens (primary N) is 1. The molecule has 0 aromatic heterocycles. The average Bonchev–Trinajstić information content (AvgIpc) is 2.41. The third-order valence-electron chi connectivity index (χ3n) is 2.51. The van der Waals surface area contributed by atoms with Gasteiger partial charge in [0.1, 0.15) is 4.99 Å². The zero-order valence-electron chi connectivity index (χ0n) is 10.2. The molecule has 0 radical (unpaired) electrons. The molecule has 0 aliphatic carbocycles. The Balaban J connectivity index is 2.31. The van der Waals surface area contributed by atoms with Gasteiger partial charge in [0.25, 0.3) is 0 Å². The van der Waals surface area contributed by atoms with Gasteiger partial charge >= 0.3 is 0 Å². The Bertz CT molecular complexity index is 616. The van der Waals surface area contributed by atoms with Gasteiger partial charge in [-0.15, -0.1) is 0 Å². The molecule has 2 aromatic carbocycles. The van der Waals surface area contributed by atoms with Crippen LogP contribution in [0.1, 0.15) is 5.56 Å². The highest BCUT2D eigenvalue weighted by Gasteiger charge is 2.10. The van der Waals surface area contributed by atoms with E-state index in [0.29, 0.717) is 17.1 Å². The Kier molecular flexibility index (Phi) is 3.97. The van der Waals surface area contributed by atoms with Gasteiger partial charge < -0.3 is 15.2 Å². The van der Waals surface area contributed by atoms with Crippen molar-refractivity contribution in [2.45, 2.75) is 0 Å². The van der Waals surface area contributed by atoms with Gasteiger partial charge in [-0.3, -0.25) is 0 Å². The number of halogens is 1. The summed E-state index contributed by atoms with van der Waals surface area (Å²) in [6.07, 6.45) is 0. The van der Waals surface area contributed by atoms with E-state index in [1.54, 1.807) is 30.3 Å². The maximum Gasteiger partial charge on any atom is 0.169 e. The molecule has 0 spiro atoms. The summed E-state index contributed by atoms with van der Waals surface area (Å²) in [6, 6.07) is 11.3. The van der Waals surface area contributed by atoms with Crippen LogP contribution in [0.2, 0.25) is 0 Å². The van der Waals surface area contributed by atoms with Crippen LogP contribution < -0.4 is 15.2 Å². The highest BCUT2D eigenvalue weighted by molar-refractivity contribution is 7.80. The van der Waals surface area contributed by atoms with Crippen LogP contribution >= 0.6 is 12.2 Å². The molecule has 0 saturated carbocycles. The minimum absolute atomic E-state index is 0.0875. The molecule has 0 heterocycles. The number of benzene rings is 2. The van der Waals surface area contributed by atoms with E-state index < -0.39 is 5.82 Å². The number of thiocarbonyl (C=S) groups is 1. The van der Waals surface area contributed by atoms with Gasteiger partial charge in [-0.1, -0.05) is 24.4 Å². The summed E-state index contributed by atoms with van der Waals surface area (Å²) in [7, 11) is 1.52. The van der Waals surface area contributed by atoms with Crippen molar-refractivity contribution in [3.05, 3.63) is 53.8 Å². The number of para-hydroxylation sites is 2.